The van der Waals surface area contributed by atoms with Crippen molar-refractivity contribution in [3.05, 3.63) is 67.6 Å². The molecule has 114 valence electrons. The molecule has 0 aromatic heterocycles. The Morgan fingerprint density at radius 3 is 1.74 bits per heavy atom. The molecule has 0 aliphatic heterocycles. The average molecular weight is 452 g/mol. The summed E-state index contributed by atoms with van der Waals surface area (Å²) in [6, 6.07) is 16.9. The van der Waals surface area contributed by atoms with Crippen LogP contribution in [0.1, 0.15) is 22.3 Å². The van der Waals surface area contributed by atoms with E-state index in [2.05, 4.69) is 37.9 Å². The van der Waals surface area contributed by atoms with Gasteiger partial charge < -0.3 is 0 Å². The lowest BCUT2D eigenvalue weighted by atomic mass is 10.1. The van der Waals surface area contributed by atoms with E-state index in [1.165, 1.54) is 0 Å². The van der Waals surface area contributed by atoms with Crippen LogP contribution in [0, 0.1) is 34.0 Å². The van der Waals surface area contributed by atoms with Gasteiger partial charge in [0.15, 0.2) is 0 Å². The molecular formula is C17H10Br2ClN3. The van der Waals surface area contributed by atoms with E-state index in [9.17, 15) is 0 Å². The van der Waals surface area contributed by atoms with Crippen LogP contribution in [0.4, 0.5) is 0 Å². The van der Waals surface area contributed by atoms with Gasteiger partial charge in [0.05, 0.1) is 23.6 Å². The second-order valence-corrected chi connectivity index (χ2v) is 6.30. The normalized spacial score (nSPS) is 8.87. The number of benzene rings is 2. The fraction of sp³-hybridized carbons (Fsp3) is 0.118. The van der Waals surface area contributed by atoms with Crippen molar-refractivity contribution in [2.45, 2.75) is 12.3 Å². The van der Waals surface area contributed by atoms with E-state index in [0.29, 0.717) is 23.4 Å². The quantitative estimate of drug-likeness (QED) is 0.570. The minimum atomic E-state index is 0.349. The summed E-state index contributed by atoms with van der Waals surface area (Å²) in [7, 11) is 0. The van der Waals surface area contributed by atoms with Crippen molar-refractivity contribution >= 4 is 43.5 Å². The molecule has 2 aromatic rings. The predicted octanol–water partition coefficient (Wildman–Crippen LogP) is 5.45. The smallest absolute Gasteiger partial charge is 0.100 e. The number of halogens is 3. The second kappa shape index (κ2) is 10.0. The highest BCUT2D eigenvalue weighted by molar-refractivity contribution is 9.10. The number of nitriles is 3. The predicted molar refractivity (Wildman–Crippen MR) is 96.6 cm³/mol. The van der Waals surface area contributed by atoms with E-state index < -0.39 is 0 Å². The topological polar surface area (TPSA) is 71.4 Å². The lowest BCUT2D eigenvalue weighted by Crippen LogP contribution is -1.84. The van der Waals surface area contributed by atoms with Gasteiger partial charge in [-0.2, -0.15) is 15.8 Å². The van der Waals surface area contributed by atoms with Crippen molar-refractivity contribution in [2.75, 3.05) is 0 Å². The maximum atomic E-state index is 8.65. The van der Waals surface area contributed by atoms with Gasteiger partial charge in [0, 0.05) is 14.8 Å². The molecule has 0 spiro atoms. The zero-order valence-corrected chi connectivity index (χ0v) is 15.8. The summed E-state index contributed by atoms with van der Waals surface area (Å²) in [6.07, 6.45) is 0.349. The fourth-order valence-electron chi connectivity index (χ4n) is 1.60. The number of nitrogens with zero attached hydrogens (tertiary/aromatic N) is 3. The average Bonchev–Trinajstić information content (AvgIpc) is 2.58. The molecule has 2 aromatic carbocycles. The van der Waals surface area contributed by atoms with Gasteiger partial charge in [0.2, 0.25) is 0 Å². The molecule has 0 heterocycles. The van der Waals surface area contributed by atoms with Crippen LogP contribution < -0.4 is 0 Å². The van der Waals surface area contributed by atoms with E-state index in [1.807, 2.05) is 30.3 Å². The van der Waals surface area contributed by atoms with Crippen LogP contribution in [0.15, 0.2) is 45.3 Å². The van der Waals surface area contributed by atoms with Crippen LogP contribution >= 0.6 is 43.5 Å². The molecule has 0 saturated heterocycles. The van der Waals surface area contributed by atoms with Gasteiger partial charge in [-0.25, -0.2) is 0 Å². The van der Waals surface area contributed by atoms with Crippen LogP contribution in [0.5, 0.6) is 0 Å². The molecule has 0 bridgehead atoms. The number of alkyl halides is 1. The van der Waals surface area contributed by atoms with Crippen molar-refractivity contribution in [1.29, 1.82) is 15.8 Å². The van der Waals surface area contributed by atoms with E-state index in [1.54, 1.807) is 18.2 Å². The Morgan fingerprint density at radius 2 is 1.30 bits per heavy atom. The summed E-state index contributed by atoms with van der Waals surface area (Å²) >= 11 is 12.1. The molecule has 0 saturated carbocycles. The van der Waals surface area contributed by atoms with Crippen LogP contribution in [0.3, 0.4) is 0 Å². The molecule has 0 atom stereocenters. The molecule has 0 fully saturated rings. The first-order valence-electron chi connectivity index (χ1n) is 6.35. The van der Waals surface area contributed by atoms with E-state index in [4.69, 9.17) is 27.4 Å². The molecule has 2 rings (SSSR count). The monoisotopic (exact) mass is 449 g/mol. The Hall–Kier alpha value is -1.84. The molecular weight excluding hydrogens is 441 g/mol. The third-order valence-corrected chi connectivity index (χ3v) is 4.43. The largest absolute Gasteiger partial charge is 0.198 e. The summed E-state index contributed by atoms with van der Waals surface area (Å²) in [4.78, 5) is 0. The zero-order valence-electron chi connectivity index (χ0n) is 11.9. The van der Waals surface area contributed by atoms with Crippen LogP contribution in [0.25, 0.3) is 0 Å². The first-order valence-corrected chi connectivity index (χ1v) is 8.47. The SMILES string of the molecule is N#CCc1ccc(Br)c(C#N)c1.N#Cc1cc(CCl)ccc1Br. The maximum Gasteiger partial charge on any atom is 0.100 e. The van der Waals surface area contributed by atoms with Gasteiger partial charge in [-0.15, -0.1) is 11.6 Å². The standard InChI is InChI=1S/C9H5BrN2.C8H5BrClN/c10-9-2-1-7(3-4-11)5-8(9)6-12;9-8-2-1-6(4-10)3-7(8)5-11/h1-2,5H,3H2;1-3H,4H2. The van der Waals surface area contributed by atoms with Gasteiger partial charge in [-0.3, -0.25) is 0 Å². The number of hydrogen-bond acceptors (Lipinski definition) is 3. The van der Waals surface area contributed by atoms with E-state index in [0.717, 1.165) is 20.1 Å². The lowest BCUT2D eigenvalue weighted by molar-refractivity contribution is 1.25. The molecule has 0 aliphatic carbocycles. The molecule has 0 amide bonds. The number of rotatable bonds is 2. The third kappa shape index (κ3) is 6.05. The second-order valence-electron chi connectivity index (χ2n) is 4.32. The lowest BCUT2D eigenvalue weighted by Gasteiger charge is -1.97. The van der Waals surface area contributed by atoms with Gasteiger partial charge in [-0.05, 0) is 67.3 Å². The van der Waals surface area contributed by atoms with Crippen molar-refractivity contribution < 1.29 is 0 Å². The summed E-state index contributed by atoms with van der Waals surface area (Å²) in [5.74, 6) is 0.446. The highest BCUT2D eigenvalue weighted by atomic mass is 79.9. The Balaban J connectivity index is 0.000000231. The van der Waals surface area contributed by atoms with Gasteiger partial charge >= 0.3 is 0 Å². The Bertz CT molecular complexity index is 814. The van der Waals surface area contributed by atoms with E-state index >= 15 is 0 Å². The summed E-state index contributed by atoms with van der Waals surface area (Å²) < 4.78 is 1.58. The highest BCUT2D eigenvalue weighted by Crippen LogP contribution is 2.18. The molecule has 0 unspecified atom stereocenters. The summed E-state index contributed by atoms with van der Waals surface area (Å²) in [6.45, 7) is 0. The minimum Gasteiger partial charge on any atom is -0.198 e. The third-order valence-electron chi connectivity index (χ3n) is 2.74. The molecule has 23 heavy (non-hydrogen) atoms. The van der Waals surface area contributed by atoms with E-state index in [-0.39, 0.29) is 0 Å². The van der Waals surface area contributed by atoms with Crippen molar-refractivity contribution in [3.8, 4) is 18.2 Å². The first kappa shape index (κ1) is 19.2. The fourth-order valence-corrected chi connectivity index (χ4v) is 2.44. The van der Waals surface area contributed by atoms with Crippen molar-refractivity contribution in [1.82, 2.24) is 0 Å². The van der Waals surface area contributed by atoms with Crippen LogP contribution in [-0.4, -0.2) is 0 Å². The Kier molecular flexibility index (Phi) is 8.38. The molecule has 6 heteroatoms. The summed E-state index contributed by atoms with van der Waals surface area (Å²) in [5.41, 5.74) is 3.04. The molecule has 3 nitrogen and oxygen atoms in total. The Labute approximate surface area is 157 Å². The van der Waals surface area contributed by atoms with Gasteiger partial charge in [-0.1, -0.05) is 12.1 Å². The highest BCUT2D eigenvalue weighted by Gasteiger charge is 2.00. The molecule has 0 N–H and O–H groups in total. The summed E-state index contributed by atoms with van der Waals surface area (Å²) in [5, 5.41) is 25.7. The van der Waals surface area contributed by atoms with Gasteiger partial charge in [0.1, 0.15) is 12.1 Å². The first-order chi connectivity index (χ1) is 11.0. The van der Waals surface area contributed by atoms with Crippen molar-refractivity contribution in [3.63, 3.8) is 0 Å². The van der Waals surface area contributed by atoms with Crippen LogP contribution in [-0.2, 0) is 12.3 Å². The molecule has 0 radical (unpaired) electrons. The number of hydrogen-bond donors (Lipinski definition) is 0. The maximum absolute atomic E-state index is 8.65. The van der Waals surface area contributed by atoms with Crippen LogP contribution in [0.2, 0.25) is 0 Å². The Morgan fingerprint density at radius 1 is 0.826 bits per heavy atom. The van der Waals surface area contributed by atoms with Crippen molar-refractivity contribution in [2.24, 2.45) is 0 Å². The van der Waals surface area contributed by atoms with Gasteiger partial charge in [0.25, 0.3) is 0 Å². The zero-order chi connectivity index (χ0) is 17.2. The minimum absolute atomic E-state index is 0.349. The molecule has 0 aliphatic rings.